The largest absolute Gasteiger partial charge is 0.395 e. The number of aromatic nitrogens is 1. The Hall–Kier alpha value is -2.22. The molecular formula is C13H17N3O5. The van der Waals surface area contributed by atoms with Gasteiger partial charge in [0.1, 0.15) is 5.56 Å². The van der Waals surface area contributed by atoms with Gasteiger partial charge in [0.15, 0.2) is 0 Å². The second-order valence-electron chi connectivity index (χ2n) is 5.02. The van der Waals surface area contributed by atoms with Crippen LogP contribution in [0.3, 0.4) is 0 Å². The Labute approximate surface area is 120 Å². The Balaban J connectivity index is 2.33. The van der Waals surface area contributed by atoms with E-state index in [4.69, 9.17) is 5.11 Å². The molecule has 8 heteroatoms. The Bertz CT molecular complexity index is 592. The van der Waals surface area contributed by atoms with Gasteiger partial charge in [-0.05, 0) is 12.8 Å². The molecule has 1 aliphatic carbocycles. The van der Waals surface area contributed by atoms with Gasteiger partial charge in [-0.1, -0.05) is 12.8 Å². The van der Waals surface area contributed by atoms with Crippen LogP contribution in [0.2, 0.25) is 0 Å². The van der Waals surface area contributed by atoms with Gasteiger partial charge in [0.05, 0.1) is 17.7 Å². The number of nitro groups is 1. The Kier molecular flexibility index (Phi) is 4.69. The second kappa shape index (κ2) is 6.49. The van der Waals surface area contributed by atoms with Crippen LogP contribution in [0.15, 0.2) is 17.1 Å². The van der Waals surface area contributed by atoms with E-state index in [2.05, 4.69) is 4.98 Å². The summed E-state index contributed by atoms with van der Waals surface area (Å²) in [7, 11) is 0. The fourth-order valence-electron chi connectivity index (χ4n) is 2.66. The predicted molar refractivity (Wildman–Crippen MR) is 74.1 cm³/mol. The molecule has 0 atom stereocenters. The minimum absolute atomic E-state index is 0.0247. The van der Waals surface area contributed by atoms with Crippen LogP contribution in [0.4, 0.5) is 5.69 Å². The van der Waals surface area contributed by atoms with E-state index in [0.29, 0.717) is 0 Å². The first-order valence-electron chi connectivity index (χ1n) is 6.83. The highest BCUT2D eigenvalue weighted by Crippen LogP contribution is 2.24. The summed E-state index contributed by atoms with van der Waals surface area (Å²) in [5, 5.41) is 19.9. The highest BCUT2D eigenvalue weighted by atomic mass is 16.6. The van der Waals surface area contributed by atoms with Crippen molar-refractivity contribution in [3.63, 3.8) is 0 Å². The first-order valence-corrected chi connectivity index (χ1v) is 6.83. The number of rotatable bonds is 5. The molecular weight excluding hydrogens is 278 g/mol. The molecule has 1 aromatic rings. The number of hydrogen-bond donors (Lipinski definition) is 2. The standard InChI is InChI=1S/C13H17N3O5/c17-6-5-15(9-3-1-2-4-9)13(19)11-7-10(16(20)21)8-14-12(11)18/h7-9,17H,1-6H2,(H,14,18). The van der Waals surface area contributed by atoms with Gasteiger partial charge in [-0.2, -0.15) is 0 Å². The summed E-state index contributed by atoms with van der Waals surface area (Å²) in [6.07, 6.45) is 4.58. The third-order valence-electron chi connectivity index (χ3n) is 3.70. The van der Waals surface area contributed by atoms with E-state index in [1.54, 1.807) is 0 Å². The van der Waals surface area contributed by atoms with Crippen molar-refractivity contribution in [2.45, 2.75) is 31.7 Å². The molecule has 0 bridgehead atoms. The number of aromatic amines is 1. The molecule has 21 heavy (non-hydrogen) atoms. The molecule has 0 unspecified atom stereocenters. The third-order valence-corrected chi connectivity index (χ3v) is 3.70. The lowest BCUT2D eigenvalue weighted by atomic mass is 10.1. The van der Waals surface area contributed by atoms with Gasteiger partial charge in [0, 0.05) is 18.7 Å². The van der Waals surface area contributed by atoms with Crippen molar-refractivity contribution in [1.82, 2.24) is 9.88 Å². The van der Waals surface area contributed by atoms with Gasteiger partial charge >= 0.3 is 0 Å². The molecule has 1 aliphatic rings. The van der Waals surface area contributed by atoms with E-state index in [0.717, 1.165) is 37.9 Å². The lowest BCUT2D eigenvalue weighted by Crippen LogP contribution is -2.42. The van der Waals surface area contributed by atoms with Crippen LogP contribution < -0.4 is 5.56 Å². The monoisotopic (exact) mass is 295 g/mol. The maximum absolute atomic E-state index is 12.5. The quantitative estimate of drug-likeness (QED) is 0.611. The van der Waals surface area contributed by atoms with Gasteiger partial charge in [-0.15, -0.1) is 0 Å². The van der Waals surface area contributed by atoms with E-state index in [-0.39, 0.29) is 30.4 Å². The number of nitrogens with one attached hydrogen (secondary N) is 1. The van der Waals surface area contributed by atoms with Crippen LogP contribution in [0, 0.1) is 10.1 Å². The number of carbonyl (C=O) groups is 1. The van der Waals surface area contributed by atoms with E-state index in [1.807, 2.05) is 0 Å². The average molecular weight is 295 g/mol. The summed E-state index contributed by atoms with van der Waals surface area (Å²) in [6, 6.07) is 0.962. The average Bonchev–Trinajstić information content (AvgIpc) is 2.98. The molecule has 8 nitrogen and oxygen atoms in total. The molecule has 0 spiro atoms. The number of pyridine rings is 1. The van der Waals surface area contributed by atoms with E-state index in [9.17, 15) is 19.7 Å². The van der Waals surface area contributed by atoms with E-state index in [1.165, 1.54) is 4.90 Å². The lowest BCUT2D eigenvalue weighted by molar-refractivity contribution is -0.385. The summed E-state index contributed by atoms with van der Waals surface area (Å²) in [6.45, 7) is -0.0965. The molecule has 2 rings (SSSR count). The maximum atomic E-state index is 12.5. The number of aliphatic hydroxyl groups is 1. The first-order chi connectivity index (χ1) is 10.0. The summed E-state index contributed by atoms with van der Waals surface area (Å²) in [5.74, 6) is -0.569. The Morgan fingerprint density at radius 1 is 1.48 bits per heavy atom. The smallest absolute Gasteiger partial charge is 0.286 e. The number of H-pyrrole nitrogens is 1. The minimum Gasteiger partial charge on any atom is -0.395 e. The Morgan fingerprint density at radius 2 is 2.14 bits per heavy atom. The van der Waals surface area contributed by atoms with Gasteiger partial charge in [0.25, 0.3) is 17.2 Å². The zero-order valence-electron chi connectivity index (χ0n) is 11.4. The van der Waals surface area contributed by atoms with Crippen LogP contribution in [0.25, 0.3) is 0 Å². The van der Waals surface area contributed by atoms with Crippen molar-refractivity contribution < 1.29 is 14.8 Å². The predicted octanol–water partition coefficient (Wildman–Crippen LogP) is 0.660. The van der Waals surface area contributed by atoms with Gasteiger partial charge in [0.2, 0.25) is 0 Å². The Morgan fingerprint density at radius 3 is 2.71 bits per heavy atom. The zero-order valence-corrected chi connectivity index (χ0v) is 11.4. The fourth-order valence-corrected chi connectivity index (χ4v) is 2.66. The van der Waals surface area contributed by atoms with Crippen LogP contribution in [0.1, 0.15) is 36.0 Å². The molecule has 1 amide bonds. The molecule has 2 N–H and O–H groups in total. The number of amides is 1. The van der Waals surface area contributed by atoms with Crippen LogP contribution >= 0.6 is 0 Å². The summed E-state index contributed by atoms with van der Waals surface area (Å²) >= 11 is 0. The van der Waals surface area contributed by atoms with Gasteiger partial charge in [-0.3, -0.25) is 19.7 Å². The third kappa shape index (κ3) is 3.27. The van der Waals surface area contributed by atoms with Crippen molar-refractivity contribution >= 4 is 11.6 Å². The molecule has 1 aromatic heterocycles. The first kappa shape index (κ1) is 15.2. The SMILES string of the molecule is O=C(c1cc([N+](=O)[O-])c[nH]c1=O)N(CCO)C1CCCC1. The zero-order chi connectivity index (χ0) is 15.4. The topological polar surface area (TPSA) is 117 Å². The number of nitrogens with zero attached hydrogens (tertiary/aromatic N) is 2. The van der Waals surface area contributed by atoms with Gasteiger partial charge in [-0.25, -0.2) is 0 Å². The molecule has 1 saturated carbocycles. The van der Waals surface area contributed by atoms with Gasteiger partial charge < -0.3 is 15.0 Å². The number of aliphatic hydroxyl groups excluding tert-OH is 1. The summed E-state index contributed by atoms with van der Waals surface area (Å²) in [4.78, 5) is 38.0. The van der Waals surface area contributed by atoms with E-state index >= 15 is 0 Å². The highest BCUT2D eigenvalue weighted by Gasteiger charge is 2.29. The number of hydrogen-bond acceptors (Lipinski definition) is 5. The number of carbonyl (C=O) groups excluding carboxylic acids is 1. The fraction of sp³-hybridized carbons (Fsp3) is 0.538. The molecule has 1 heterocycles. The van der Waals surface area contributed by atoms with Crippen molar-refractivity contribution in [2.24, 2.45) is 0 Å². The molecule has 0 aliphatic heterocycles. The normalized spacial score (nSPS) is 15.1. The summed E-state index contributed by atoms with van der Waals surface area (Å²) < 4.78 is 0. The van der Waals surface area contributed by atoms with Crippen molar-refractivity contribution in [1.29, 1.82) is 0 Å². The van der Waals surface area contributed by atoms with Crippen molar-refractivity contribution in [2.75, 3.05) is 13.2 Å². The molecule has 0 aromatic carbocycles. The summed E-state index contributed by atoms with van der Waals surface area (Å²) in [5.41, 5.74) is -1.26. The minimum atomic E-state index is -0.668. The van der Waals surface area contributed by atoms with Crippen molar-refractivity contribution in [3.8, 4) is 0 Å². The molecule has 114 valence electrons. The lowest BCUT2D eigenvalue weighted by Gasteiger charge is -2.28. The van der Waals surface area contributed by atoms with Crippen LogP contribution in [-0.2, 0) is 0 Å². The highest BCUT2D eigenvalue weighted by molar-refractivity contribution is 5.94. The molecule has 1 fully saturated rings. The second-order valence-corrected chi connectivity index (χ2v) is 5.02. The molecule has 0 saturated heterocycles. The van der Waals surface area contributed by atoms with Crippen molar-refractivity contribution in [3.05, 3.63) is 38.3 Å². The van der Waals surface area contributed by atoms with E-state index < -0.39 is 16.4 Å². The van der Waals surface area contributed by atoms with Crippen LogP contribution in [0.5, 0.6) is 0 Å². The molecule has 0 radical (unpaired) electrons. The maximum Gasteiger partial charge on any atom is 0.286 e. The van der Waals surface area contributed by atoms with Crippen LogP contribution in [-0.4, -0.2) is 45.0 Å².